The Morgan fingerprint density at radius 3 is 3.10 bits per heavy atom. The molecule has 1 unspecified atom stereocenters. The van der Waals surface area contributed by atoms with E-state index in [1.54, 1.807) is 11.3 Å². The van der Waals surface area contributed by atoms with Crippen LogP contribution in [0, 0.1) is 0 Å². The number of rotatable bonds is 5. The molecule has 3 rings (SSSR count). The van der Waals surface area contributed by atoms with Crippen molar-refractivity contribution in [2.45, 2.75) is 25.9 Å². The van der Waals surface area contributed by atoms with Gasteiger partial charge < -0.3 is 5.32 Å². The lowest BCUT2D eigenvalue weighted by Gasteiger charge is -2.17. The monoisotopic (exact) mass is 287 g/mol. The summed E-state index contributed by atoms with van der Waals surface area (Å²) in [5.41, 5.74) is 3.27. The van der Waals surface area contributed by atoms with Gasteiger partial charge in [-0.1, -0.05) is 12.1 Å². The van der Waals surface area contributed by atoms with Crippen LogP contribution in [0.25, 0.3) is 10.2 Å². The van der Waals surface area contributed by atoms with Crippen LogP contribution in [0.1, 0.15) is 30.6 Å². The van der Waals surface area contributed by atoms with E-state index < -0.39 is 0 Å². The molecule has 3 heterocycles. The maximum Gasteiger partial charge on any atom is 0.0809 e. The predicted octanol–water partition coefficient (Wildman–Crippen LogP) is 2.61. The standard InChI is InChI=1S/C14H17N5S/c1-3-5-19-12(9-17-18-19)14(15-2)10-7-13-11(16-8-10)4-6-20-13/h4,6-9,14-15H,3,5H2,1-2H3. The highest BCUT2D eigenvalue weighted by atomic mass is 32.1. The predicted molar refractivity (Wildman–Crippen MR) is 80.8 cm³/mol. The molecule has 0 spiro atoms. The molecule has 0 radical (unpaired) electrons. The average Bonchev–Trinajstić information content (AvgIpc) is 3.09. The molecular weight excluding hydrogens is 270 g/mol. The van der Waals surface area contributed by atoms with E-state index in [2.05, 4.69) is 39.0 Å². The third-order valence-corrected chi connectivity index (χ3v) is 4.18. The zero-order valence-electron chi connectivity index (χ0n) is 11.6. The Labute approximate surface area is 121 Å². The fourth-order valence-electron chi connectivity index (χ4n) is 2.38. The normalized spacial score (nSPS) is 12.9. The van der Waals surface area contributed by atoms with Crippen LogP contribution in [0.4, 0.5) is 0 Å². The molecule has 3 aromatic rings. The zero-order chi connectivity index (χ0) is 13.9. The van der Waals surface area contributed by atoms with Crippen molar-refractivity contribution >= 4 is 21.6 Å². The van der Waals surface area contributed by atoms with Gasteiger partial charge in [0, 0.05) is 12.7 Å². The van der Waals surface area contributed by atoms with Crippen LogP contribution in [0.3, 0.4) is 0 Å². The maximum absolute atomic E-state index is 4.52. The lowest BCUT2D eigenvalue weighted by Crippen LogP contribution is -2.21. The molecule has 5 nitrogen and oxygen atoms in total. The van der Waals surface area contributed by atoms with Crippen molar-refractivity contribution in [3.63, 3.8) is 0 Å². The lowest BCUT2D eigenvalue weighted by molar-refractivity contribution is 0.523. The number of aryl methyl sites for hydroxylation is 1. The van der Waals surface area contributed by atoms with Crippen LogP contribution in [-0.4, -0.2) is 27.0 Å². The van der Waals surface area contributed by atoms with E-state index in [9.17, 15) is 0 Å². The number of nitrogens with zero attached hydrogens (tertiary/aromatic N) is 4. The van der Waals surface area contributed by atoms with Gasteiger partial charge in [0.2, 0.25) is 0 Å². The van der Waals surface area contributed by atoms with Gasteiger partial charge in [-0.3, -0.25) is 4.98 Å². The summed E-state index contributed by atoms with van der Waals surface area (Å²) in [4.78, 5) is 4.52. The SMILES string of the molecule is CCCn1nncc1C(NC)c1cnc2ccsc2c1. The molecule has 0 aliphatic rings. The molecule has 0 aliphatic heterocycles. The fourth-order valence-corrected chi connectivity index (χ4v) is 3.17. The van der Waals surface area contributed by atoms with E-state index >= 15 is 0 Å². The zero-order valence-corrected chi connectivity index (χ0v) is 12.4. The summed E-state index contributed by atoms with van der Waals surface area (Å²) in [5.74, 6) is 0. The molecule has 104 valence electrons. The molecule has 1 N–H and O–H groups in total. The van der Waals surface area contributed by atoms with Crippen molar-refractivity contribution in [3.8, 4) is 0 Å². The van der Waals surface area contributed by atoms with Crippen molar-refractivity contribution in [1.29, 1.82) is 0 Å². The summed E-state index contributed by atoms with van der Waals surface area (Å²) in [6.07, 6.45) is 4.80. The summed E-state index contributed by atoms with van der Waals surface area (Å²) in [5, 5.41) is 13.6. The molecule has 1 atom stereocenters. The van der Waals surface area contributed by atoms with Crippen molar-refractivity contribution < 1.29 is 0 Å². The first-order valence-electron chi connectivity index (χ1n) is 6.72. The third-order valence-electron chi connectivity index (χ3n) is 3.32. The van der Waals surface area contributed by atoms with Crippen molar-refractivity contribution in [1.82, 2.24) is 25.3 Å². The Morgan fingerprint density at radius 2 is 2.30 bits per heavy atom. The van der Waals surface area contributed by atoms with Crippen LogP contribution >= 0.6 is 11.3 Å². The van der Waals surface area contributed by atoms with E-state index in [4.69, 9.17) is 0 Å². The van der Waals surface area contributed by atoms with Crippen LogP contribution in [-0.2, 0) is 6.54 Å². The van der Waals surface area contributed by atoms with E-state index in [0.717, 1.165) is 29.7 Å². The fraction of sp³-hybridized carbons (Fsp3) is 0.357. The summed E-state index contributed by atoms with van der Waals surface area (Å²) in [6.45, 7) is 3.02. The van der Waals surface area contributed by atoms with Gasteiger partial charge in [0.25, 0.3) is 0 Å². The quantitative estimate of drug-likeness (QED) is 0.783. The second-order valence-corrected chi connectivity index (χ2v) is 5.62. The van der Waals surface area contributed by atoms with Gasteiger partial charge >= 0.3 is 0 Å². The second kappa shape index (κ2) is 5.68. The third kappa shape index (κ3) is 2.32. The number of thiophene rings is 1. The van der Waals surface area contributed by atoms with E-state index in [1.807, 2.05) is 30.2 Å². The van der Waals surface area contributed by atoms with Crippen LogP contribution in [0.5, 0.6) is 0 Å². The minimum absolute atomic E-state index is 0.0653. The number of pyridine rings is 1. The second-order valence-electron chi connectivity index (χ2n) is 4.68. The number of nitrogens with one attached hydrogen (secondary N) is 1. The number of hydrogen-bond acceptors (Lipinski definition) is 5. The van der Waals surface area contributed by atoms with Gasteiger partial charge in [0.1, 0.15) is 0 Å². The molecule has 0 saturated carbocycles. The Balaban J connectivity index is 2.01. The molecule has 20 heavy (non-hydrogen) atoms. The molecule has 0 aromatic carbocycles. The average molecular weight is 287 g/mol. The first-order valence-corrected chi connectivity index (χ1v) is 7.60. The molecular formula is C14H17N5S. The highest BCUT2D eigenvalue weighted by Crippen LogP contribution is 2.26. The molecule has 0 amide bonds. The van der Waals surface area contributed by atoms with E-state index in [1.165, 1.54) is 4.70 Å². The molecule has 6 heteroatoms. The van der Waals surface area contributed by atoms with Gasteiger partial charge in [-0.2, -0.15) is 0 Å². The van der Waals surface area contributed by atoms with Crippen LogP contribution < -0.4 is 5.32 Å². The van der Waals surface area contributed by atoms with Crippen LogP contribution in [0.15, 0.2) is 29.9 Å². The maximum atomic E-state index is 4.52. The van der Waals surface area contributed by atoms with E-state index in [-0.39, 0.29) is 6.04 Å². The minimum Gasteiger partial charge on any atom is -0.308 e. The summed E-state index contributed by atoms with van der Waals surface area (Å²) in [6, 6.07) is 4.30. The highest BCUT2D eigenvalue weighted by Gasteiger charge is 2.18. The first kappa shape index (κ1) is 13.2. The number of aromatic nitrogens is 4. The number of hydrogen-bond donors (Lipinski definition) is 1. The highest BCUT2D eigenvalue weighted by molar-refractivity contribution is 7.17. The topological polar surface area (TPSA) is 55.6 Å². The van der Waals surface area contributed by atoms with Gasteiger partial charge in [-0.25, -0.2) is 4.68 Å². The molecule has 0 saturated heterocycles. The molecule has 0 bridgehead atoms. The number of fused-ring (bicyclic) bond motifs is 1. The lowest BCUT2D eigenvalue weighted by atomic mass is 10.1. The van der Waals surface area contributed by atoms with Crippen molar-refractivity contribution in [2.24, 2.45) is 0 Å². The molecule has 0 fully saturated rings. The molecule has 3 aromatic heterocycles. The Morgan fingerprint density at radius 1 is 1.40 bits per heavy atom. The Hall–Kier alpha value is -1.79. The van der Waals surface area contributed by atoms with Gasteiger partial charge in [-0.05, 0) is 36.5 Å². The summed E-state index contributed by atoms with van der Waals surface area (Å²) >= 11 is 1.71. The summed E-state index contributed by atoms with van der Waals surface area (Å²) < 4.78 is 3.16. The van der Waals surface area contributed by atoms with Crippen molar-refractivity contribution in [3.05, 3.63) is 41.2 Å². The first-order chi connectivity index (χ1) is 9.83. The largest absolute Gasteiger partial charge is 0.308 e. The summed E-state index contributed by atoms with van der Waals surface area (Å²) in [7, 11) is 1.95. The Kier molecular flexibility index (Phi) is 3.75. The van der Waals surface area contributed by atoms with Gasteiger partial charge in [-0.15, -0.1) is 16.4 Å². The van der Waals surface area contributed by atoms with Crippen LogP contribution in [0.2, 0.25) is 0 Å². The van der Waals surface area contributed by atoms with E-state index in [0.29, 0.717) is 0 Å². The molecule has 0 aliphatic carbocycles. The van der Waals surface area contributed by atoms with Gasteiger partial charge in [0.05, 0.1) is 28.1 Å². The van der Waals surface area contributed by atoms with Crippen molar-refractivity contribution in [2.75, 3.05) is 7.05 Å². The van der Waals surface area contributed by atoms with Gasteiger partial charge in [0.15, 0.2) is 0 Å². The Bertz CT molecular complexity index is 702. The minimum atomic E-state index is 0.0653. The smallest absolute Gasteiger partial charge is 0.0809 e.